The Kier molecular flexibility index (Phi) is 4.47. The van der Waals surface area contributed by atoms with E-state index >= 15 is 0 Å². The second-order valence-corrected chi connectivity index (χ2v) is 1.81. The fourth-order valence-electron chi connectivity index (χ4n) is 0.558. The first-order valence-electron chi connectivity index (χ1n) is 2.94. The van der Waals surface area contributed by atoms with Gasteiger partial charge in [0.1, 0.15) is 0 Å². The first-order valence-corrected chi connectivity index (χ1v) is 2.94. The normalized spacial score (nSPS) is 7.73. The van der Waals surface area contributed by atoms with Gasteiger partial charge in [0.2, 0.25) is 0 Å². The largest absolute Gasteiger partial charge is 0.483 e. The van der Waals surface area contributed by atoms with Gasteiger partial charge in [-0.05, 0) is 6.92 Å². The van der Waals surface area contributed by atoms with Crippen LogP contribution in [0.15, 0.2) is 23.1 Å². The fourth-order valence-corrected chi connectivity index (χ4v) is 0.558. The van der Waals surface area contributed by atoms with Crippen molar-refractivity contribution >= 4 is 6.47 Å². The van der Waals surface area contributed by atoms with E-state index in [1.807, 2.05) is 6.92 Å². The van der Waals surface area contributed by atoms with Crippen molar-refractivity contribution in [2.45, 2.75) is 6.92 Å². The van der Waals surface area contributed by atoms with Crippen molar-refractivity contribution in [3.63, 3.8) is 0 Å². The maximum atomic E-state index is 10.5. The summed E-state index contributed by atoms with van der Waals surface area (Å²) >= 11 is 0. The Labute approximate surface area is 63.5 Å². The number of aromatic nitrogens is 1. The average molecular weight is 155 g/mol. The zero-order valence-electron chi connectivity index (χ0n) is 6.07. The third-order valence-electron chi connectivity index (χ3n) is 0.917. The molecule has 4 nitrogen and oxygen atoms in total. The van der Waals surface area contributed by atoms with Crippen molar-refractivity contribution in [1.82, 2.24) is 4.98 Å². The molecular weight excluding hydrogens is 146 g/mol. The van der Waals surface area contributed by atoms with Crippen molar-refractivity contribution in [2.75, 3.05) is 0 Å². The van der Waals surface area contributed by atoms with Gasteiger partial charge in [-0.1, -0.05) is 0 Å². The molecule has 0 aromatic carbocycles. The molecule has 2 N–H and O–H groups in total. The summed E-state index contributed by atoms with van der Waals surface area (Å²) in [5, 5.41) is 6.89. The monoisotopic (exact) mass is 155 g/mol. The number of nitrogens with one attached hydrogen (secondary N) is 1. The number of carboxylic acid groups (broad SMARTS) is 1. The lowest BCUT2D eigenvalue weighted by Crippen LogP contribution is -1.96. The summed E-state index contributed by atoms with van der Waals surface area (Å²) in [6.07, 6.45) is 1.64. The third-order valence-corrected chi connectivity index (χ3v) is 0.917. The van der Waals surface area contributed by atoms with Crippen LogP contribution in [0.5, 0.6) is 0 Å². The number of aryl methyl sites for hydroxylation is 1. The number of hydrogen-bond donors (Lipinski definition) is 2. The first-order chi connectivity index (χ1) is 5.20. The van der Waals surface area contributed by atoms with E-state index in [2.05, 4.69) is 4.98 Å². The Morgan fingerprint density at radius 3 is 2.45 bits per heavy atom. The molecule has 0 saturated heterocycles. The van der Waals surface area contributed by atoms with Crippen LogP contribution in [-0.4, -0.2) is 16.6 Å². The van der Waals surface area contributed by atoms with Gasteiger partial charge in [0.05, 0.1) is 0 Å². The molecule has 0 radical (unpaired) electrons. The zero-order chi connectivity index (χ0) is 8.69. The molecule has 0 saturated carbocycles. The van der Waals surface area contributed by atoms with Gasteiger partial charge < -0.3 is 10.1 Å². The molecule has 11 heavy (non-hydrogen) atoms. The SMILES string of the molecule is Cc1cc(=O)cc[nH]1.O=CO. The molecular formula is C7H9NO3. The van der Waals surface area contributed by atoms with Crippen LogP contribution in [0.1, 0.15) is 5.69 Å². The van der Waals surface area contributed by atoms with E-state index in [0.29, 0.717) is 0 Å². The Bertz CT molecular complexity index is 266. The lowest BCUT2D eigenvalue weighted by atomic mass is 10.4. The number of rotatable bonds is 0. The Balaban J connectivity index is 0.000000292. The average Bonchev–Trinajstić information content (AvgIpc) is 1.88. The first kappa shape index (κ1) is 9.42. The van der Waals surface area contributed by atoms with E-state index in [1.54, 1.807) is 12.3 Å². The predicted molar refractivity (Wildman–Crippen MR) is 40.5 cm³/mol. The topological polar surface area (TPSA) is 70.2 Å². The second-order valence-electron chi connectivity index (χ2n) is 1.81. The Morgan fingerprint density at radius 1 is 1.64 bits per heavy atom. The van der Waals surface area contributed by atoms with E-state index in [-0.39, 0.29) is 11.9 Å². The van der Waals surface area contributed by atoms with Crippen molar-refractivity contribution in [2.24, 2.45) is 0 Å². The molecule has 1 aromatic heterocycles. The predicted octanol–water partition coefficient (Wildman–Crippen LogP) is 0.384. The highest BCUT2D eigenvalue weighted by atomic mass is 16.3. The molecule has 60 valence electrons. The molecule has 0 bridgehead atoms. The number of pyridine rings is 1. The summed E-state index contributed by atoms with van der Waals surface area (Å²) in [6.45, 7) is 1.60. The minimum atomic E-state index is -0.250. The van der Waals surface area contributed by atoms with Crippen LogP contribution in [0, 0.1) is 6.92 Å². The lowest BCUT2D eigenvalue weighted by molar-refractivity contribution is -0.122. The molecule has 0 aliphatic rings. The van der Waals surface area contributed by atoms with Crippen molar-refractivity contribution in [3.8, 4) is 0 Å². The molecule has 0 unspecified atom stereocenters. The molecule has 1 rings (SSSR count). The van der Waals surface area contributed by atoms with E-state index in [1.165, 1.54) is 6.07 Å². The highest BCUT2D eigenvalue weighted by molar-refractivity contribution is 5.32. The van der Waals surface area contributed by atoms with Gasteiger partial charge >= 0.3 is 0 Å². The van der Waals surface area contributed by atoms with Crippen LogP contribution in [-0.2, 0) is 4.79 Å². The number of aromatic amines is 1. The van der Waals surface area contributed by atoms with E-state index in [9.17, 15) is 4.79 Å². The van der Waals surface area contributed by atoms with Crippen molar-refractivity contribution in [1.29, 1.82) is 0 Å². The highest BCUT2D eigenvalue weighted by Crippen LogP contribution is 1.79. The quantitative estimate of drug-likeness (QED) is 0.532. The maximum Gasteiger partial charge on any atom is 0.290 e. The maximum absolute atomic E-state index is 10.5. The molecule has 1 heterocycles. The number of H-pyrrole nitrogens is 1. The Morgan fingerprint density at radius 2 is 2.18 bits per heavy atom. The summed E-state index contributed by atoms with van der Waals surface area (Å²) in [6, 6.07) is 3.05. The zero-order valence-corrected chi connectivity index (χ0v) is 6.07. The van der Waals surface area contributed by atoms with Gasteiger partial charge in [0.15, 0.2) is 5.43 Å². The second kappa shape index (κ2) is 5.22. The van der Waals surface area contributed by atoms with Gasteiger partial charge in [-0.2, -0.15) is 0 Å². The molecule has 0 aliphatic heterocycles. The minimum Gasteiger partial charge on any atom is -0.483 e. The smallest absolute Gasteiger partial charge is 0.290 e. The summed E-state index contributed by atoms with van der Waals surface area (Å²) < 4.78 is 0. The van der Waals surface area contributed by atoms with Gasteiger partial charge in [-0.3, -0.25) is 9.59 Å². The summed E-state index contributed by atoms with van der Waals surface area (Å²) in [7, 11) is 0. The molecule has 0 aliphatic carbocycles. The lowest BCUT2D eigenvalue weighted by Gasteiger charge is -1.85. The standard InChI is InChI=1S/C6H7NO.CH2O2/c1-5-4-6(8)2-3-7-5;2-1-3/h2-4H,1H3,(H,7,8);1H,(H,2,3). The number of carbonyl (C=O) groups is 1. The molecule has 0 amide bonds. The van der Waals surface area contributed by atoms with Crippen LogP contribution in [0.2, 0.25) is 0 Å². The van der Waals surface area contributed by atoms with Gasteiger partial charge in [-0.25, -0.2) is 0 Å². The van der Waals surface area contributed by atoms with E-state index < -0.39 is 0 Å². The van der Waals surface area contributed by atoms with Crippen LogP contribution in [0.3, 0.4) is 0 Å². The summed E-state index contributed by atoms with van der Waals surface area (Å²) in [5.74, 6) is 0. The third kappa shape index (κ3) is 4.90. The molecule has 0 spiro atoms. The van der Waals surface area contributed by atoms with Crippen molar-refractivity contribution in [3.05, 3.63) is 34.2 Å². The summed E-state index contributed by atoms with van der Waals surface area (Å²) in [4.78, 5) is 21.7. The molecule has 4 heteroatoms. The molecule has 0 atom stereocenters. The molecule has 1 aromatic rings. The highest BCUT2D eigenvalue weighted by Gasteiger charge is 1.80. The van der Waals surface area contributed by atoms with Crippen LogP contribution < -0.4 is 5.43 Å². The Hall–Kier alpha value is -1.58. The summed E-state index contributed by atoms with van der Waals surface area (Å²) in [5.41, 5.74) is 0.957. The van der Waals surface area contributed by atoms with Crippen LogP contribution in [0.25, 0.3) is 0 Å². The minimum absolute atomic E-state index is 0.0567. The van der Waals surface area contributed by atoms with Gasteiger partial charge in [-0.15, -0.1) is 0 Å². The fraction of sp³-hybridized carbons (Fsp3) is 0.143. The van der Waals surface area contributed by atoms with Crippen LogP contribution >= 0.6 is 0 Å². The van der Waals surface area contributed by atoms with Gasteiger partial charge in [0, 0.05) is 24.0 Å². The van der Waals surface area contributed by atoms with E-state index in [0.717, 1.165) is 5.69 Å². The van der Waals surface area contributed by atoms with Gasteiger partial charge in [0.25, 0.3) is 6.47 Å². The van der Waals surface area contributed by atoms with Crippen molar-refractivity contribution < 1.29 is 9.90 Å². The number of hydrogen-bond acceptors (Lipinski definition) is 2. The van der Waals surface area contributed by atoms with Crippen LogP contribution in [0.4, 0.5) is 0 Å². The molecule has 0 fully saturated rings. The van der Waals surface area contributed by atoms with E-state index in [4.69, 9.17) is 9.90 Å².